The van der Waals surface area contributed by atoms with Gasteiger partial charge in [0.05, 0.1) is 5.92 Å². The molecule has 0 spiro atoms. The van der Waals surface area contributed by atoms with E-state index in [2.05, 4.69) is 18.7 Å². The Morgan fingerprint density at radius 2 is 1.62 bits per heavy atom. The van der Waals surface area contributed by atoms with Gasteiger partial charge in [0.1, 0.15) is 6.61 Å². The van der Waals surface area contributed by atoms with Crippen molar-refractivity contribution in [1.82, 2.24) is 4.90 Å². The number of hydrogen-bond acceptors (Lipinski definition) is 4. The van der Waals surface area contributed by atoms with Crippen molar-refractivity contribution in [3.05, 3.63) is 70.4 Å². The number of carbonyl (C=O) groups excluding carboxylic acids is 1. The minimum absolute atomic E-state index is 0.0157. The molecule has 1 atom stereocenters. The number of hydrogen-bond donors (Lipinski definition) is 0. The third kappa shape index (κ3) is 4.65. The Morgan fingerprint density at radius 3 is 2.34 bits per heavy atom. The second-order valence-electron chi connectivity index (χ2n) is 7.25. The fourth-order valence-electron chi connectivity index (χ4n) is 3.77. The summed E-state index contributed by atoms with van der Waals surface area (Å²) < 4.78 is 5.56. The molecule has 3 rings (SSSR count). The van der Waals surface area contributed by atoms with Crippen molar-refractivity contribution >= 4 is 27.5 Å². The van der Waals surface area contributed by atoms with Gasteiger partial charge in [-0.3, -0.25) is 9.59 Å². The Balaban J connectivity index is 1.89. The number of nitrogens with zero attached hydrogens (tertiary/aromatic N) is 1. The third-order valence-electron chi connectivity index (χ3n) is 5.61. The molecule has 152 valence electrons. The molecule has 0 N–H and O–H groups in total. The van der Waals surface area contributed by atoms with E-state index in [-0.39, 0.29) is 17.3 Å². The summed E-state index contributed by atoms with van der Waals surface area (Å²) in [6.45, 7) is 9.22. The molecule has 4 heteroatoms. The van der Waals surface area contributed by atoms with Gasteiger partial charge in [-0.25, -0.2) is 0 Å². The lowest BCUT2D eigenvalue weighted by Crippen LogP contribution is -2.28. The number of fused-ring (bicyclic) bond motifs is 2. The Morgan fingerprint density at radius 1 is 0.931 bits per heavy atom. The van der Waals surface area contributed by atoms with E-state index in [9.17, 15) is 9.59 Å². The van der Waals surface area contributed by atoms with Crippen LogP contribution in [0.1, 0.15) is 38.7 Å². The fourth-order valence-corrected chi connectivity index (χ4v) is 3.77. The van der Waals surface area contributed by atoms with Gasteiger partial charge in [0.15, 0.2) is 5.43 Å². The largest absolute Gasteiger partial charge is 0.464 e. The van der Waals surface area contributed by atoms with E-state index in [1.807, 2.05) is 61.5 Å². The molecule has 0 aliphatic heterocycles. The van der Waals surface area contributed by atoms with E-state index in [1.165, 1.54) is 0 Å². The molecule has 4 nitrogen and oxygen atoms in total. The van der Waals surface area contributed by atoms with Crippen molar-refractivity contribution < 1.29 is 9.53 Å². The van der Waals surface area contributed by atoms with Crippen molar-refractivity contribution in [2.45, 2.75) is 33.1 Å². The minimum atomic E-state index is -0.328. The van der Waals surface area contributed by atoms with Crippen LogP contribution < -0.4 is 5.43 Å². The number of likely N-dealkylation sites (N-methyl/N-ethyl adjacent to an activating group) is 1. The maximum Gasteiger partial charge on any atom is 0.313 e. The van der Waals surface area contributed by atoms with E-state index < -0.39 is 0 Å². The van der Waals surface area contributed by atoms with Crippen LogP contribution in [0.5, 0.6) is 0 Å². The predicted octanol–water partition coefficient (Wildman–Crippen LogP) is 4.73. The summed E-state index contributed by atoms with van der Waals surface area (Å²) in [7, 11) is 0. The monoisotopic (exact) mass is 391 g/mol. The van der Waals surface area contributed by atoms with Crippen molar-refractivity contribution in [1.29, 1.82) is 0 Å². The molecule has 1 unspecified atom stereocenters. The van der Waals surface area contributed by atoms with E-state index in [0.29, 0.717) is 23.8 Å². The van der Waals surface area contributed by atoms with Gasteiger partial charge >= 0.3 is 5.97 Å². The second-order valence-corrected chi connectivity index (χ2v) is 7.25. The lowest BCUT2D eigenvalue weighted by atomic mass is 9.94. The van der Waals surface area contributed by atoms with Gasteiger partial charge in [0, 0.05) is 17.3 Å². The number of ether oxygens (including phenoxy) is 1. The summed E-state index contributed by atoms with van der Waals surface area (Å²) in [4.78, 5) is 27.9. The van der Waals surface area contributed by atoms with Crippen molar-refractivity contribution in [2.75, 3.05) is 26.2 Å². The van der Waals surface area contributed by atoms with Crippen LogP contribution in [-0.4, -0.2) is 37.1 Å². The molecule has 29 heavy (non-hydrogen) atoms. The highest BCUT2D eigenvalue weighted by atomic mass is 16.5. The standard InChI is InChI=1S/C25H29NO3/c1-4-21(25(28)29-16-15-26(5-2)6-3)19-13-14-23-20(17-19)12-11-18-9-7-8-10-22(18)24(23)27/h7-14,17,21H,4-6,15-16H2,1-3H3. The van der Waals surface area contributed by atoms with Gasteiger partial charge in [0.2, 0.25) is 0 Å². The zero-order valence-corrected chi connectivity index (χ0v) is 17.5. The first-order valence-electron chi connectivity index (χ1n) is 10.4. The molecule has 0 saturated heterocycles. The van der Waals surface area contributed by atoms with Crippen molar-refractivity contribution in [2.24, 2.45) is 0 Å². The first kappa shape index (κ1) is 21.0. The molecule has 0 radical (unpaired) electrons. The lowest BCUT2D eigenvalue weighted by Gasteiger charge is -2.19. The SMILES string of the molecule is CCC(C(=O)OCCN(CC)CC)c1ccc2c(=O)c3ccccc3ccc2c1. The zero-order chi connectivity index (χ0) is 20.8. The van der Waals surface area contributed by atoms with Crippen LogP contribution in [0.3, 0.4) is 0 Å². The number of benzene rings is 2. The molecule has 0 aromatic heterocycles. The molecule has 0 bridgehead atoms. The van der Waals surface area contributed by atoms with Crippen LogP contribution in [0.4, 0.5) is 0 Å². The zero-order valence-electron chi connectivity index (χ0n) is 17.5. The van der Waals surface area contributed by atoms with Gasteiger partial charge in [-0.15, -0.1) is 0 Å². The Labute approximate surface area is 172 Å². The quantitative estimate of drug-likeness (QED) is 0.521. The van der Waals surface area contributed by atoms with Crippen LogP contribution in [0.15, 0.2) is 59.4 Å². The van der Waals surface area contributed by atoms with Crippen LogP contribution >= 0.6 is 0 Å². The van der Waals surface area contributed by atoms with E-state index in [0.717, 1.165) is 36.0 Å². The van der Waals surface area contributed by atoms with Gasteiger partial charge < -0.3 is 9.64 Å². The maximum atomic E-state index is 12.9. The average Bonchev–Trinajstić information content (AvgIpc) is 2.89. The third-order valence-corrected chi connectivity index (χ3v) is 5.61. The first-order chi connectivity index (χ1) is 14.1. The molecule has 0 saturated carbocycles. The highest BCUT2D eigenvalue weighted by Gasteiger charge is 2.21. The van der Waals surface area contributed by atoms with Crippen LogP contribution in [0, 0.1) is 0 Å². The van der Waals surface area contributed by atoms with Crippen molar-refractivity contribution in [3.63, 3.8) is 0 Å². The molecule has 0 aliphatic carbocycles. The van der Waals surface area contributed by atoms with Gasteiger partial charge in [-0.2, -0.15) is 0 Å². The van der Waals surface area contributed by atoms with Gasteiger partial charge in [0.25, 0.3) is 0 Å². The summed E-state index contributed by atoms with van der Waals surface area (Å²) in [5, 5.41) is 3.13. The molecule has 0 aliphatic rings. The highest BCUT2D eigenvalue weighted by Crippen LogP contribution is 2.25. The Hall–Kier alpha value is -2.72. The van der Waals surface area contributed by atoms with Gasteiger partial charge in [-0.05, 0) is 35.8 Å². The van der Waals surface area contributed by atoms with Crippen LogP contribution in [0.2, 0.25) is 0 Å². The van der Waals surface area contributed by atoms with E-state index in [4.69, 9.17) is 4.74 Å². The van der Waals surface area contributed by atoms with Gasteiger partial charge in [-0.1, -0.05) is 75.4 Å². The molecular formula is C25H29NO3. The lowest BCUT2D eigenvalue weighted by molar-refractivity contribution is -0.146. The summed E-state index contributed by atoms with van der Waals surface area (Å²) in [5.74, 6) is -0.530. The number of carbonyl (C=O) groups is 1. The second kappa shape index (κ2) is 9.66. The number of rotatable bonds is 8. The average molecular weight is 392 g/mol. The molecule has 0 fully saturated rings. The van der Waals surface area contributed by atoms with Crippen molar-refractivity contribution in [3.8, 4) is 0 Å². The molecule has 0 heterocycles. The molecule has 0 amide bonds. The highest BCUT2D eigenvalue weighted by molar-refractivity contribution is 5.94. The van der Waals surface area contributed by atoms with Crippen LogP contribution in [0.25, 0.3) is 21.5 Å². The topological polar surface area (TPSA) is 46.6 Å². The fraction of sp³-hybridized carbons (Fsp3) is 0.360. The van der Waals surface area contributed by atoms with E-state index >= 15 is 0 Å². The van der Waals surface area contributed by atoms with Crippen LogP contribution in [-0.2, 0) is 9.53 Å². The minimum Gasteiger partial charge on any atom is -0.464 e. The summed E-state index contributed by atoms with van der Waals surface area (Å²) >= 11 is 0. The summed E-state index contributed by atoms with van der Waals surface area (Å²) in [6.07, 6.45) is 0.654. The van der Waals surface area contributed by atoms with E-state index in [1.54, 1.807) is 0 Å². The normalized spacial score (nSPS) is 12.4. The Kier molecular flexibility index (Phi) is 6.99. The molecule has 3 aromatic rings. The first-order valence-corrected chi connectivity index (χ1v) is 10.4. The predicted molar refractivity (Wildman–Crippen MR) is 120 cm³/mol. The Bertz CT molecular complexity index is 1060. The molecular weight excluding hydrogens is 362 g/mol. The maximum absolute atomic E-state index is 12.9. The smallest absolute Gasteiger partial charge is 0.313 e. The number of esters is 1. The summed E-state index contributed by atoms with van der Waals surface area (Å²) in [6, 6.07) is 17.2. The molecule has 3 aromatic carbocycles. The summed E-state index contributed by atoms with van der Waals surface area (Å²) in [5.41, 5.74) is 0.907.